The second-order valence-electron chi connectivity index (χ2n) is 13.5. The second-order valence-corrected chi connectivity index (χ2v) is 15.7. The van der Waals surface area contributed by atoms with E-state index >= 15 is 0 Å². The predicted octanol–water partition coefficient (Wildman–Crippen LogP) is 10.1. The average Bonchev–Trinajstić information content (AvgIpc) is 3.06. The first-order valence-electron chi connectivity index (χ1n) is 16.9. The molecule has 2 aromatic heterocycles. The van der Waals surface area contributed by atoms with Crippen LogP contribution in [0.25, 0.3) is 0 Å². The van der Waals surface area contributed by atoms with Crippen LogP contribution in [0.4, 0.5) is 23.0 Å². The first kappa shape index (κ1) is 30.6. The van der Waals surface area contributed by atoms with E-state index in [1.54, 1.807) is 0 Å². The molecule has 0 spiro atoms. The van der Waals surface area contributed by atoms with Crippen molar-refractivity contribution in [3.05, 3.63) is 85.2 Å². The number of hydrogen-bond acceptors (Lipinski definition) is 6. The summed E-state index contributed by atoms with van der Waals surface area (Å²) in [5.41, 5.74) is 2.63. The molecule has 0 bridgehead atoms. The number of aromatic nitrogens is 2. The van der Waals surface area contributed by atoms with E-state index in [9.17, 15) is 0 Å². The van der Waals surface area contributed by atoms with E-state index < -0.39 is 0 Å². The van der Waals surface area contributed by atoms with Crippen LogP contribution in [-0.2, 0) is 0 Å². The zero-order valence-corrected chi connectivity index (χ0v) is 28.4. The molecule has 0 aliphatic carbocycles. The van der Waals surface area contributed by atoms with E-state index in [0.29, 0.717) is 12.1 Å². The van der Waals surface area contributed by atoms with Crippen molar-refractivity contribution in [1.82, 2.24) is 9.97 Å². The lowest BCUT2D eigenvalue weighted by Crippen LogP contribution is -2.56. The molecule has 2 unspecified atom stereocenters. The maximum atomic E-state index is 5.01. The Balaban J connectivity index is 1.26. The van der Waals surface area contributed by atoms with Crippen LogP contribution in [0.3, 0.4) is 0 Å². The fourth-order valence-corrected chi connectivity index (χ4v) is 9.70. The van der Waals surface area contributed by atoms with Crippen molar-refractivity contribution in [3.63, 3.8) is 0 Å². The minimum Gasteiger partial charge on any atom is -0.325 e. The number of benzene rings is 2. The molecule has 5 nitrogen and oxygen atoms in total. The zero-order chi connectivity index (χ0) is 30.6. The van der Waals surface area contributed by atoms with Crippen molar-refractivity contribution >= 4 is 46.5 Å². The Hall–Kier alpha value is -3.00. The Kier molecular flexibility index (Phi) is 9.38. The summed E-state index contributed by atoms with van der Waals surface area (Å²) in [6.07, 6.45) is 16.9. The Bertz CT molecular complexity index is 1400. The predicted molar refractivity (Wildman–Crippen MR) is 189 cm³/mol. The van der Waals surface area contributed by atoms with Crippen molar-refractivity contribution in [2.75, 3.05) is 37.0 Å². The average molecular weight is 637 g/mol. The van der Waals surface area contributed by atoms with Gasteiger partial charge in [0.1, 0.15) is 11.6 Å². The Labute approximate surface area is 278 Å². The van der Waals surface area contributed by atoms with Crippen LogP contribution in [0.2, 0.25) is 0 Å². The summed E-state index contributed by atoms with van der Waals surface area (Å²) < 4.78 is 0.942. The lowest BCUT2D eigenvalue weighted by Gasteiger charge is -2.45. The van der Waals surface area contributed by atoms with Gasteiger partial charge in [0.2, 0.25) is 0 Å². The molecule has 1 fully saturated rings. The molecule has 0 N–H and O–H groups in total. The molecule has 4 aromatic rings. The van der Waals surface area contributed by atoms with Gasteiger partial charge in [-0.3, -0.25) is 0 Å². The van der Waals surface area contributed by atoms with Crippen molar-refractivity contribution in [2.45, 2.75) is 95.9 Å². The summed E-state index contributed by atoms with van der Waals surface area (Å²) in [5.74, 6) is 2.25. The van der Waals surface area contributed by atoms with Gasteiger partial charge in [0, 0.05) is 22.2 Å². The van der Waals surface area contributed by atoms with Gasteiger partial charge in [-0.1, -0.05) is 99.2 Å². The van der Waals surface area contributed by atoms with Crippen LogP contribution < -0.4 is 9.80 Å². The van der Waals surface area contributed by atoms with Crippen molar-refractivity contribution in [1.29, 1.82) is 0 Å². The third-order valence-electron chi connectivity index (χ3n) is 9.61. The smallest absolute Gasteiger partial charge is 0.147 e. The first-order valence-corrected chi connectivity index (χ1v) is 18.5. The molecule has 1 saturated heterocycles. The molecule has 7 heteroatoms. The van der Waals surface area contributed by atoms with Gasteiger partial charge >= 0.3 is 0 Å². The highest BCUT2D eigenvalue weighted by Gasteiger charge is 2.38. The first-order chi connectivity index (χ1) is 22.1. The Morgan fingerprint density at radius 3 is 1.40 bits per heavy atom. The van der Waals surface area contributed by atoms with Gasteiger partial charge in [-0.25, -0.2) is 9.97 Å². The van der Waals surface area contributed by atoms with Gasteiger partial charge < -0.3 is 14.3 Å². The van der Waals surface area contributed by atoms with Crippen LogP contribution >= 0.6 is 23.5 Å². The Morgan fingerprint density at radius 2 is 0.933 bits per heavy atom. The number of pyridine rings is 2. The van der Waals surface area contributed by atoms with Crippen LogP contribution in [0.1, 0.15) is 64.2 Å². The molecule has 5 heterocycles. The minimum atomic E-state index is 0.357. The van der Waals surface area contributed by atoms with Gasteiger partial charge in [-0.05, 0) is 61.4 Å². The van der Waals surface area contributed by atoms with Gasteiger partial charge in [0.25, 0.3) is 0 Å². The molecule has 45 heavy (non-hydrogen) atoms. The van der Waals surface area contributed by atoms with E-state index in [-0.39, 0.29) is 0 Å². The number of rotatable bonds is 2. The van der Waals surface area contributed by atoms with E-state index in [1.165, 1.54) is 95.2 Å². The van der Waals surface area contributed by atoms with Crippen LogP contribution in [-0.4, -0.2) is 53.7 Å². The topological polar surface area (TPSA) is 32.3 Å². The number of likely N-dealkylation sites (N-methyl/N-ethyl adjacent to an activating group) is 1. The summed E-state index contributed by atoms with van der Waals surface area (Å²) in [4.78, 5) is 20.4. The number of para-hydroxylation sites is 2. The lowest BCUT2D eigenvalue weighted by atomic mass is 10.0. The zero-order valence-electron chi connectivity index (χ0n) is 26.8. The van der Waals surface area contributed by atoms with Crippen molar-refractivity contribution in [3.8, 4) is 0 Å². The normalized spacial score (nSPS) is 22.2. The summed E-state index contributed by atoms with van der Waals surface area (Å²) in [6.45, 7) is 2.12. The molecule has 2 aromatic carbocycles. The van der Waals surface area contributed by atoms with Gasteiger partial charge in [0.15, 0.2) is 0 Å². The van der Waals surface area contributed by atoms with Crippen LogP contribution in [0.15, 0.2) is 105 Å². The quantitative estimate of drug-likeness (QED) is 0.204. The molecular weight excluding hydrogens is 591 g/mol. The summed E-state index contributed by atoms with van der Waals surface area (Å²) in [6, 6.07) is 27.3. The molecule has 3 aliphatic heterocycles. The Morgan fingerprint density at radius 1 is 0.533 bits per heavy atom. The summed E-state index contributed by atoms with van der Waals surface area (Å²) >= 11 is 3.72. The monoisotopic (exact) mass is 636 g/mol. The van der Waals surface area contributed by atoms with Gasteiger partial charge in [0.05, 0.1) is 60.4 Å². The maximum Gasteiger partial charge on any atom is 0.147 e. The fourth-order valence-electron chi connectivity index (χ4n) is 7.62. The standard InChI is InChI=1S/C38H46N5S2/c1-43(2)27-29(41-31-19-11-13-21-33(31)44-35-23-15-25-39-37(35)41)17-9-7-5-3-4-6-8-10-18-30(28-43)42-32-20-12-14-22-34(32)45-36-24-16-26-40-38(36)42/h11-16,19-26,29-30H,3-10,17-18,27-28H2,1-2H3/q+1. The molecule has 2 atom stereocenters. The SMILES string of the molecule is C[N+]1(C)CC(N2c3ccccc3Sc3cccnc32)CCCCCCCCCCC(N2c3ccccc3Sc3cccnc32)C1. The molecule has 234 valence electrons. The molecule has 0 radical (unpaired) electrons. The van der Waals surface area contributed by atoms with Crippen LogP contribution in [0.5, 0.6) is 0 Å². The van der Waals surface area contributed by atoms with Crippen molar-refractivity contribution in [2.24, 2.45) is 0 Å². The molecule has 0 amide bonds. The summed E-state index contributed by atoms with van der Waals surface area (Å²) in [5, 5.41) is 0. The highest BCUT2D eigenvalue weighted by atomic mass is 32.2. The van der Waals surface area contributed by atoms with E-state index in [2.05, 4.69) is 96.7 Å². The van der Waals surface area contributed by atoms with E-state index in [4.69, 9.17) is 9.97 Å². The van der Waals surface area contributed by atoms with E-state index in [1.807, 2.05) is 35.9 Å². The number of nitrogens with zero attached hydrogens (tertiary/aromatic N) is 5. The van der Waals surface area contributed by atoms with Gasteiger partial charge in [-0.15, -0.1) is 0 Å². The number of quaternary nitrogens is 1. The lowest BCUT2D eigenvalue weighted by molar-refractivity contribution is -0.891. The van der Waals surface area contributed by atoms with Gasteiger partial charge in [-0.2, -0.15) is 0 Å². The third kappa shape index (κ3) is 6.77. The maximum absolute atomic E-state index is 5.01. The van der Waals surface area contributed by atoms with Crippen molar-refractivity contribution < 1.29 is 4.48 Å². The fraction of sp³-hybridized carbons (Fsp3) is 0.421. The molecule has 3 aliphatic rings. The minimum absolute atomic E-state index is 0.357. The largest absolute Gasteiger partial charge is 0.325 e. The van der Waals surface area contributed by atoms with E-state index in [0.717, 1.165) is 29.2 Å². The third-order valence-corrected chi connectivity index (χ3v) is 11.8. The summed E-state index contributed by atoms with van der Waals surface area (Å²) in [7, 11) is 4.93. The molecular formula is C38H46N5S2+. The molecule has 0 saturated carbocycles. The highest BCUT2D eigenvalue weighted by Crippen LogP contribution is 2.50. The number of anilines is 4. The number of hydrogen-bond donors (Lipinski definition) is 0. The highest BCUT2D eigenvalue weighted by molar-refractivity contribution is 8.00. The number of fused-ring (bicyclic) bond motifs is 4. The van der Waals surface area contributed by atoms with Crippen LogP contribution in [0, 0.1) is 0 Å². The molecule has 7 rings (SSSR count). The second kappa shape index (κ2) is 13.8.